The van der Waals surface area contributed by atoms with Gasteiger partial charge < -0.3 is 16.2 Å². The Hall–Kier alpha value is -1.37. The molecule has 0 fully saturated rings. The Morgan fingerprint density at radius 1 is 1.29 bits per heavy atom. The Morgan fingerprint density at radius 2 is 2.00 bits per heavy atom. The number of phenols is 1. The largest absolute Gasteiger partial charge is 0.508 e. The molecular weight excluding hydrogens is 352 g/mol. The fourth-order valence-electron chi connectivity index (χ4n) is 1.90. The Bertz CT molecular complexity index is 598. The minimum Gasteiger partial charge on any atom is -0.508 e. The van der Waals surface area contributed by atoms with E-state index in [1.165, 1.54) is 4.88 Å². The van der Waals surface area contributed by atoms with Gasteiger partial charge in [-0.05, 0) is 58.6 Å². The second-order valence-corrected chi connectivity index (χ2v) is 7.27. The van der Waals surface area contributed by atoms with Gasteiger partial charge in [-0.25, -0.2) is 0 Å². The second kappa shape index (κ2) is 7.59. The van der Waals surface area contributed by atoms with Gasteiger partial charge in [-0.2, -0.15) is 0 Å². The predicted octanol–water partition coefficient (Wildman–Crippen LogP) is 2.44. The summed E-state index contributed by atoms with van der Waals surface area (Å²) in [5.41, 5.74) is 6.82. The molecule has 1 heterocycles. The average molecular weight is 369 g/mol. The van der Waals surface area contributed by atoms with Gasteiger partial charge in [0.05, 0.1) is 9.83 Å². The molecule has 21 heavy (non-hydrogen) atoms. The molecule has 1 amide bonds. The number of nitrogens with one attached hydrogen (secondary N) is 1. The summed E-state index contributed by atoms with van der Waals surface area (Å²) in [5.74, 6) is 0.0533. The summed E-state index contributed by atoms with van der Waals surface area (Å²) in [6.07, 6.45) is 1.25. The molecule has 6 heteroatoms. The molecule has 1 aromatic heterocycles. The molecule has 0 saturated carbocycles. The number of hydrogen-bond acceptors (Lipinski definition) is 4. The third-order valence-electron chi connectivity index (χ3n) is 3.03. The van der Waals surface area contributed by atoms with E-state index in [0.29, 0.717) is 13.0 Å². The summed E-state index contributed by atoms with van der Waals surface area (Å²) >= 11 is 5.07. The lowest BCUT2D eigenvalue weighted by molar-refractivity contribution is -0.122. The summed E-state index contributed by atoms with van der Waals surface area (Å²) in [5, 5.41) is 12.1. The van der Waals surface area contributed by atoms with Gasteiger partial charge in [-0.3, -0.25) is 4.79 Å². The number of nitrogens with two attached hydrogens (primary N) is 1. The summed E-state index contributed by atoms with van der Waals surface area (Å²) in [6, 6.07) is 10.2. The summed E-state index contributed by atoms with van der Waals surface area (Å²) < 4.78 is 1.09. The van der Waals surface area contributed by atoms with Crippen molar-refractivity contribution in [1.82, 2.24) is 5.32 Å². The van der Waals surface area contributed by atoms with Crippen molar-refractivity contribution in [2.75, 3.05) is 6.54 Å². The van der Waals surface area contributed by atoms with Crippen LogP contribution in [0.5, 0.6) is 5.75 Å². The van der Waals surface area contributed by atoms with Crippen molar-refractivity contribution in [2.45, 2.75) is 18.9 Å². The monoisotopic (exact) mass is 368 g/mol. The summed E-state index contributed by atoms with van der Waals surface area (Å²) in [7, 11) is 0. The summed E-state index contributed by atoms with van der Waals surface area (Å²) in [4.78, 5) is 13.1. The number of phenolic OH excluding ortho intramolecular Hbond substituents is 1. The maximum Gasteiger partial charge on any atom is 0.237 e. The average Bonchev–Trinajstić information content (AvgIpc) is 2.87. The SMILES string of the molecule is N[C@H](Cc1ccc(O)cc1)C(=O)NCCc1ccc(Br)s1. The standard InChI is InChI=1S/C15H17BrN2O2S/c16-14-6-5-12(21-14)7-8-18-15(20)13(17)9-10-1-3-11(19)4-2-10/h1-6,13,19H,7-9,17H2,(H,18,20)/t13-/m1/s1. The van der Waals surface area contributed by atoms with Crippen molar-refractivity contribution in [3.8, 4) is 5.75 Å². The number of thiophene rings is 1. The lowest BCUT2D eigenvalue weighted by Crippen LogP contribution is -2.42. The number of aromatic hydroxyl groups is 1. The van der Waals surface area contributed by atoms with Gasteiger partial charge in [-0.15, -0.1) is 11.3 Å². The Balaban J connectivity index is 1.75. The molecular formula is C15H17BrN2O2S. The predicted molar refractivity (Wildman–Crippen MR) is 88.5 cm³/mol. The molecule has 4 nitrogen and oxygen atoms in total. The molecule has 4 N–H and O–H groups in total. The van der Waals surface area contributed by atoms with Crippen LogP contribution in [0, 0.1) is 0 Å². The smallest absolute Gasteiger partial charge is 0.237 e. The minimum absolute atomic E-state index is 0.154. The minimum atomic E-state index is -0.579. The van der Waals surface area contributed by atoms with Gasteiger partial charge in [-0.1, -0.05) is 12.1 Å². The quantitative estimate of drug-likeness (QED) is 0.732. The molecule has 1 aromatic carbocycles. The number of benzene rings is 1. The molecule has 0 radical (unpaired) electrons. The maximum absolute atomic E-state index is 11.9. The van der Waals surface area contributed by atoms with Crippen LogP contribution < -0.4 is 11.1 Å². The fourth-order valence-corrected chi connectivity index (χ4v) is 3.39. The highest BCUT2D eigenvalue weighted by atomic mass is 79.9. The van der Waals surface area contributed by atoms with E-state index in [4.69, 9.17) is 5.73 Å². The van der Waals surface area contributed by atoms with Crippen LogP contribution in [0.4, 0.5) is 0 Å². The number of carbonyl (C=O) groups excluding carboxylic acids is 1. The van der Waals surface area contributed by atoms with Crippen molar-refractivity contribution < 1.29 is 9.90 Å². The van der Waals surface area contributed by atoms with E-state index >= 15 is 0 Å². The molecule has 2 rings (SSSR count). The third-order valence-corrected chi connectivity index (χ3v) is 4.71. The van der Waals surface area contributed by atoms with Crippen LogP contribution in [0.1, 0.15) is 10.4 Å². The van der Waals surface area contributed by atoms with E-state index in [2.05, 4.69) is 21.2 Å². The summed E-state index contributed by atoms with van der Waals surface area (Å²) in [6.45, 7) is 0.578. The van der Waals surface area contributed by atoms with E-state index in [-0.39, 0.29) is 11.7 Å². The molecule has 0 saturated heterocycles. The van der Waals surface area contributed by atoms with E-state index in [1.807, 2.05) is 12.1 Å². The molecule has 0 unspecified atom stereocenters. The molecule has 2 aromatic rings. The van der Waals surface area contributed by atoms with Gasteiger partial charge in [0.1, 0.15) is 5.75 Å². The first-order valence-electron chi connectivity index (χ1n) is 6.60. The first-order valence-corrected chi connectivity index (χ1v) is 8.21. The molecule has 0 bridgehead atoms. The van der Waals surface area contributed by atoms with Crippen molar-refractivity contribution in [1.29, 1.82) is 0 Å². The van der Waals surface area contributed by atoms with Gasteiger partial charge in [0.25, 0.3) is 0 Å². The second-order valence-electron chi connectivity index (χ2n) is 4.72. The first-order chi connectivity index (χ1) is 10.0. The highest BCUT2D eigenvalue weighted by Gasteiger charge is 2.13. The maximum atomic E-state index is 11.9. The van der Waals surface area contributed by atoms with Crippen LogP contribution in [0.3, 0.4) is 0 Å². The van der Waals surface area contributed by atoms with Gasteiger partial charge >= 0.3 is 0 Å². The van der Waals surface area contributed by atoms with Crippen molar-refractivity contribution in [3.05, 3.63) is 50.6 Å². The zero-order valence-electron chi connectivity index (χ0n) is 11.4. The molecule has 112 valence electrons. The van der Waals surface area contributed by atoms with Crippen molar-refractivity contribution in [2.24, 2.45) is 5.73 Å². The molecule has 0 aliphatic carbocycles. The molecule has 0 spiro atoms. The molecule has 0 aliphatic heterocycles. The Labute approximate surface area is 136 Å². The van der Waals surface area contributed by atoms with Crippen LogP contribution in [-0.2, 0) is 17.6 Å². The normalized spacial score (nSPS) is 12.1. The Kier molecular flexibility index (Phi) is 5.78. The number of amides is 1. The topological polar surface area (TPSA) is 75.3 Å². The van der Waals surface area contributed by atoms with Gasteiger partial charge in [0, 0.05) is 11.4 Å². The van der Waals surface area contributed by atoms with Crippen LogP contribution in [0.25, 0.3) is 0 Å². The highest BCUT2D eigenvalue weighted by Crippen LogP contribution is 2.22. The number of hydrogen-bond donors (Lipinski definition) is 3. The number of rotatable bonds is 6. The van der Waals surface area contributed by atoms with E-state index in [0.717, 1.165) is 15.8 Å². The van der Waals surface area contributed by atoms with E-state index in [9.17, 15) is 9.90 Å². The van der Waals surface area contributed by atoms with Crippen molar-refractivity contribution in [3.63, 3.8) is 0 Å². The zero-order chi connectivity index (χ0) is 15.2. The lowest BCUT2D eigenvalue weighted by atomic mass is 10.1. The molecule has 0 aliphatic rings. The number of halogens is 1. The van der Waals surface area contributed by atoms with Crippen LogP contribution >= 0.6 is 27.3 Å². The van der Waals surface area contributed by atoms with Crippen molar-refractivity contribution >= 4 is 33.2 Å². The first kappa shape index (κ1) is 16.0. The van der Waals surface area contributed by atoms with E-state index < -0.39 is 6.04 Å². The van der Waals surface area contributed by atoms with Crippen LogP contribution in [-0.4, -0.2) is 23.6 Å². The van der Waals surface area contributed by atoms with Crippen LogP contribution in [0.15, 0.2) is 40.2 Å². The zero-order valence-corrected chi connectivity index (χ0v) is 13.8. The highest BCUT2D eigenvalue weighted by molar-refractivity contribution is 9.11. The third kappa shape index (κ3) is 5.15. The lowest BCUT2D eigenvalue weighted by Gasteiger charge is -2.12. The van der Waals surface area contributed by atoms with E-state index in [1.54, 1.807) is 35.6 Å². The van der Waals surface area contributed by atoms with Gasteiger partial charge in [0.15, 0.2) is 0 Å². The molecule has 1 atom stereocenters. The van der Waals surface area contributed by atoms with Crippen LogP contribution in [0.2, 0.25) is 0 Å². The number of carbonyl (C=O) groups is 1. The van der Waals surface area contributed by atoms with Gasteiger partial charge in [0.2, 0.25) is 5.91 Å². The Morgan fingerprint density at radius 3 is 2.62 bits per heavy atom. The fraction of sp³-hybridized carbons (Fsp3) is 0.267.